The van der Waals surface area contributed by atoms with Crippen LogP contribution in [0.3, 0.4) is 0 Å². The van der Waals surface area contributed by atoms with Crippen LogP contribution in [0.5, 0.6) is 5.75 Å². The molecule has 1 aliphatic rings. The lowest BCUT2D eigenvalue weighted by Crippen LogP contribution is -2.29. The molecule has 4 heteroatoms. The van der Waals surface area contributed by atoms with Gasteiger partial charge in [-0.25, -0.2) is 0 Å². The Morgan fingerprint density at radius 1 is 1.42 bits per heavy atom. The summed E-state index contributed by atoms with van der Waals surface area (Å²) in [5.41, 5.74) is 2.94. The maximum Gasteiger partial charge on any atom is 0.223 e. The van der Waals surface area contributed by atoms with Crippen molar-refractivity contribution in [2.75, 3.05) is 13.7 Å². The quantitative estimate of drug-likeness (QED) is 0.852. The van der Waals surface area contributed by atoms with Gasteiger partial charge in [-0.1, -0.05) is 0 Å². The Bertz CT molecular complexity index is 481. The molecule has 2 N–H and O–H groups in total. The van der Waals surface area contributed by atoms with Gasteiger partial charge in [0, 0.05) is 18.0 Å². The number of amides is 1. The second kappa shape index (κ2) is 5.61. The molecule has 4 nitrogen and oxygen atoms in total. The predicted molar refractivity (Wildman–Crippen MR) is 73.2 cm³/mol. The number of carbonyl (C=O) groups excluding carboxylic acids is 1. The zero-order chi connectivity index (χ0) is 14.0. The number of carbonyl (C=O) groups is 1. The maximum atomic E-state index is 11.6. The van der Waals surface area contributed by atoms with Crippen molar-refractivity contribution in [2.24, 2.45) is 5.92 Å². The topological polar surface area (TPSA) is 58.6 Å². The van der Waals surface area contributed by atoms with Crippen molar-refractivity contribution >= 4 is 5.91 Å². The molecule has 1 saturated carbocycles. The van der Waals surface area contributed by atoms with Crippen molar-refractivity contribution in [1.82, 2.24) is 5.32 Å². The molecular formula is C15H21NO3. The Morgan fingerprint density at radius 2 is 2.05 bits per heavy atom. The number of ether oxygens (including phenoxy) is 1. The van der Waals surface area contributed by atoms with E-state index in [1.807, 2.05) is 26.0 Å². The van der Waals surface area contributed by atoms with Crippen molar-refractivity contribution in [3.05, 3.63) is 28.8 Å². The first-order chi connectivity index (χ1) is 9.02. The van der Waals surface area contributed by atoms with Crippen LogP contribution in [-0.2, 0) is 4.79 Å². The average Bonchev–Trinajstić information content (AvgIpc) is 3.22. The van der Waals surface area contributed by atoms with E-state index in [4.69, 9.17) is 4.74 Å². The van der Waals surface area contributed by atoms with Crippen LogP contribution in [0.1, 0.15) is 35.6 Å². The van der Waals surface area contributed by atoms with Gasteiger partial charge in [0.05, 0.1) is 13.2 Å². The van der Waals surface area contributed by atoms with Crippen LogP contribution in [0.15, 0.2) is 12.1 Å². The molecule has 0 radical (unpaired) electrons. The number of nitrogens with one attached hydrogen (secondary N) is 1. The molecular weight excluding hydrogens is 242 g/mol. The third kappa shape index (κ3) is 3.26. The first kappa shape index (κ1) is 13.9. The molecule has 1 aromatic carbocycles. The molecule has 0 bridgehead atoms. The summed E-state index contributed by atoms with van der Waals surface area (Å²) in [5.74, 6) is 0.868. The fourth-order valence-corrected chi connectivity index (χ4v) is 2.05. The highest BCUT2D eigenvalue weighted by molar-refractivity contribution is 5.80. The first-order valence-electron chi connectivity index (χ1n) is 6.64. The van der Waals surface area contributed by atoms with Gasteiger partial charge >= 0.3 is 0 Å². The van der Waals surface area contributed by atoms with E-state index in [-0.39, 0.29) is 18.4 Å². The zero-order valence-electron chi connectivity index (χ0n) is 11.7. The van der Waals surface area contributed by atoms with E-state index in [1.54, 1.807) is 7.11 Å². The summed E-state index contributed by atoms with van der Waals surface area (Å²) in [4.78, 5) is 11.6. The van der Waals surface area contributed by atoms with Crippen LogP contribution in [0, 0.1) is 19.8 Å². The number of rotatable bonds is 5. The van der Waals surface area contributed by atoms with Crippen molar-refractivity contribution in [3.8, 4) is 5.75 Å². The lowest BCUT2D eigenvalue weighted by atomic mass is 10.0. The third-order valence-electron chi connectivity index (χ3n) is 3.62. The zero-order valence-corrected chi connectivity index (χ0v) is 11.7. The second-order valence-electron chi connectivity index (χ2n) is 5.21. The molecule has 1 aliphatic carbocycles. The molecule has 19 heavy (non-hydrogen) atoms. The molecule has 1 amide bonds. The summed E-state index contributed by atoms with van der Waals surface area (Å²) in [6, 6.07) is 3.83. The van der Waals surface area contributed by atoms with Crippen LogP contribution in [-0.4, -0.2) is 24.7 Å². The Balaban J connectivity index is 2.06. The molecule has 0 spiro atoms. The molecule has 1 fully saturated rings. The molecule has 0 saturated heterocycles. The van der Waals surface area contributed by atoms with Crippen molar-refractivity contribution in [2.45, 2.75) is 32.8 Å². The fourth-order valence-electron chi connectivity index (χ4n) is 2.05. The number of aliphatic hydroxyl groups excluding tert-OH is 1. The molecule has 0 aromatic heterocycles. The van der Waals surface area contributed by atoms with Crippen LogP contribution < -0.4 is 10.1 Å². The second-order valence-corrected chi connectivity index (χ2v) is 5.21. The van der Waals surface area contributed by atoms with Gasteiger partial charge < -0.3 is 15.2 Å². The molecule has 1 aromatic rings. The minimum atomic E-state index is -0.739. The van der Waals surface area contributed by atoms with Gasteiger partial charge in [-0.3, -0.25) is 4.79 Å². The van der Waals surface area contributed by atoms with Gasteiger partial charge in [0.15, 0.2) is 0 Å². The summed E-state index contributed by atoms with van der Waals surface area (Å²) in [5, 5.41) is 13.0. The lowest BCUT2D eigenvalue weighted by molar-refractivity contribution is -0.122. The van der Waals surface area contributed by atoms with Crippen molar-refractivity contribution < 1.29 is 14.6 Å². The van der Waals surface area contributed by atoms with E-state index in [0.717, 1.165) is 29.5 Å². The average molecular weight is 263 g/mol. The number of hydrogen-bond acceptors (Lipinski definition) is 3. The van der Waals surface area contributed by atoms with E-state index >= 15 is 0 Å². The third-order valence-corrected chi connectivity index (χ3v) is 3.62. The highest BCUT2D eigenvalue weighted by Crippen LogP contribution is 2.30. The smallest absolute Gasteiger partial charge is 0.223 e. The highest BCUT2D eigenvalue weighted by Gasteiger charge is 2.29. The molecule has 2 rings (SSSR count). The van der Waals surface area contributed by atoms with Crippen molar-refractivity contribution in [1.29, 1.82) is 0 Å². The number of aryl methyl sites for hydroxylation is 2. The first-order valence-corrected chi connectivity index (χ1v) is 6.64. The largest absolute Gasteiger partial charge is 0.496 e. The van der Waals surface area contributed by atoms with E-state index in [0.29, 0.717) is 5.75 Å². The van der Waals surface area contributed by atoms with Gasteiger partial charge in [-0.05, 0) is 49.9 Å². The SMILES string of the molecule is COc1cc(C)c(C)cc1C(O)CNC(=O)C1CC1. The van der Waals surface area contributed by atoms with Crippen molar-refractivity contribution in [3.63, 3.8) is 0 Å². The predicted octanol–water partition coefficient (Wildman–Crippen LogP) is 1.87. The minimum Gasteiger partial charge on any atom is -0.496 e. The number of aliphatic hydroxyl groups is 1. The summed E-state index contributed by atoms with van der Waals surface area (Å²) < 4.78 is 5.30. The fraction of sp³-hybridized carbons (Fsp3) is 0.533. The lowest BCUT2D eigenvalue weighted by Gasteiger charge is -2.17. The Kier molecular flexibility index (Phi) is 4.10. The Hall–Kier alpha value is -1.55. The molecule has 0 heterocycles. The van der Waals surface area contributed by atoms with Crippen LogP contribution in [0.2, 0.25) is 0 Å². The van der Waals surface area contributed by atoms with Gasteiger partial charge in [-0.15, -0.1) is 0 Å². The molecule has 0 aliphatic heterocycles. The standard InChI is InChI=1S/C15H21NO3/c1-9-6-12(14(19-3)7-10(9)2)13(17)8-16-15(18)11-4-5-11/h6-7,11,13,17H,4-5,8H2,1-3H3,(H,16,18). The highest BCUT2D eigenvalue weighted by atomic mass is 16.5. The van der Waals surface area contributed by atoms with Gasteiger partial charge in [0.25, 0.3) is 0 Å². The van der Waals surface area contributed by atoms with E-state index in [1.165, 1.54) is 0 Å². The molecule has 104 valence electrons. The van der Waals surface area contributed by atoms with E-state index < -0.39 is 6.10 Å². The van der Waals surface area contributed by atoms with Crippen LogP contribution in [0.4, 0.5) is 0 Å². The van der Waals surface area contributed by atoms with E-state index in [2.05, 4.69) is 5.32 Å². The van der Waals surface area contributed by atoms with E-state index in [9.17, 15) is 9.90 Å². The molecule has 1 unspecified atom stereocenters. The summed E-state index contributed by atoms with van der Waals surface area (Å²) in [7, 11) is 1.59. The van der Waals surface area contributed by atoms with Crippen LogP contribution >= 0.6 is 0 Å². The monoisotopic (exact) mass is 263 g/mol. The van der Waals surface area contributed by atoms with Gasteiger partial charge in [0.1, 0.15) is 5.75 Å². The summed E-state index contributed by atoms with van der Waals surface area (Å²) in [6.45, 7) is 4.23. The van der Waals surface area contributed by atoms with Crippen LogP contribution in [0.25, 0.3) is 0 Å². The number of benzene rings is 1. The normalized spacial score (nSPS) is 16.0. The minimum absolute atomic E-state index is 0.0434. The Labute approximate surface area is 113 Å². The molecule has 1 atom stereocenters. The van der Waals surface area contributed by atoms with Gasteiger partial charge in [0.2, 0.25) is 5.91 Å². The maximum absolute atomic E-state index is 11.6. The Morgan fingerprint density at radius 3 is 2.63 bits per heavy atom. The number of hydrogen-bond donors (Lipinski definition) is 2. The summed E-state index contributed by atoms with van der Waals surface area (Å²) >= 11 is 0. The summed E-state index contributed by atoms with van der Waals surface area (Å²) in [6.07, 6.45) is 1.20. The number of methoxy groups -OCH3 is 1. The van der Waals surface area contributed by atoms with Gasteiger partial charge in [-0.2, -0.15) is 0 Å².